The van der Waals surface area contributed by atoms with Crippen LogP contribution in [0.15, 0.2) is 24.3 Å². The van der Waals surface area contributed by atoms with Crippen LogP contribution in [0.4, 0.5) is 13.2 Å². The SMILES string of the molecule is CC(NC(=O)C1COCCN1)c1ccc(C(F)(F)F)cc1. The molecule has 0 bridgehead atoms. The van der Waals surface area contributed by atoms with E-state index in [0.29, 0.717) is 25.3 Å². The first-order valence-corrected chi connectivity index (χ1v) is 6.66. The van der Waals surface area contributed by atoms with E-state index in [4.69, 9.17) is 4.74 Å². The molecule has 1 heterocycles. The highest BCUT2D eigenvalue weighted by molar-refractivity contribution is 5.82. The summed E-state index contributed by atoms with van der Waals surface area (Å²) >= 11 is 0. The third-order valence-corrected chi connectivity index (χ3v) is 3.33. The maximum Gasteiger partial charge on any atom is 0.416 e. The van der Waals surface area contributed by atoms with Crippen molar-refractivity contribution in [2.24, 2.45) is 0 Å². The molecule has 1 aliphatic rings. The van der Waals surface area contributed by atoms with Crippen molar-refractivity contribution in [2.75, 3.05) is 19.8 Å². The Labute approximate surface area is 120 Å². The molecule has 2 unspecified atom stereocenters. The molecule has 2 N–H and O–H groups in total. The van der Waals surface area contributed by atoms with Crippen molar-refractivity contribution >= 4 is 5.91 Å². The Bertz CT molecular complexity index is 482. The highest BCUT2D eigenvalue weighted by atomic mass is 19.4. The van der Waals surface area contributed by atoms with E-state index >= 15 is 0 Å². The lowest BCUT2D eigenvalue weighted by molar-refractivity contribution is -0.137. The third-order valence-electron chi connectivity index (χ3n) is 3.33. The second kappa shape index (κ2) is 6.44. The molecule has 2 rings (SSSR count). The van der Waals surface area contributed by atoms with E-state index in [0.717, 1.165) is 12.1 Å². The molecule has 0 spiro atoms. The fraction of sp³-hybridized carbons (Fsp3) is 0.500. The molecule has 1 aliphatic heterocycles. The Kier molecular flexibility index (Phi) is 4.84. The standard InChI is InChI=1S/C14H17F3N2O2/c1-9(19-13(20)12-8-21-7-6-18-12)10-2-4-11(5-3-10)14(15,16)17/h2-5,9,12,18H,6-8H2,1H3,(H,19,20). The molecule has 1 fully saturated rings. The van der Waals surface area contributed by atoms with E-state index < -0.39 is 17.8 Å². The maximum absolute atomic E-state index is 12.5. The lowest BCUT2D eigenvalue weighted by atomic mass is 10.1. The summed E-state index contributed by atoms with van der Waals surface area (Å²) in [4.78, 5) is 12.0. The molecule has 0 aromatic heterocycles. The molecule has 7 heteroatoms. The molecular formula is C14H17F3N2O2. The van der Waals surface area contributed by atoms with Gasteiger partial charge in [0.2, 0.25) is 5.91 Å². The molecule has 0 aliphatic carbocycles. The van der Waals surface area contributed by atoms with Gasteiger partial charge in [-0.05, 0) is 24.6 Å². The molecule has 1 saturated heterocycles. The normalized spacial score (nSPS) is 20.9. The topological polar surface area (TPSA) is 50.4 Å². The van der Waals surface area contributed by atoms with Crippen LogP contribution in [-0.4, -0.2) is 31.7 Å². The summed E-state index contributed by atoms with van der Waals surface area (Å²) in [6.07, 6.45) is -4.35. The number of nitrogens with one attached hydrogen (secondary N) is 2. The average Bonchev–Trinajstić information content (AvgIpc) is 2.47. The monoisotopic (exact) mass is 302 g/mol. The third kappa shape index (κ3) is 4.18. The fourth-order valence-corrected chi connectivity index (χ4v) is 2.09. The minimum Gasteiger partial charge on any atom is -0.378 e. The molecule has 0 saturated carbocycles. The second-order valence-corrected chi connectivity index (χ2v) is 4.93. The first-order chi connectivity index (χ1) is 9.88. The minimum absolute atomic E-state index is 0.220. The van der Waals surface area contributed by atoms with E-state index in [1.807, 2.05) is 0 Å². The minimum atomic E-state index is -4.35. The number of morpholine rings is 1. The van der Waals surface area contributed by atoms with E-state index in [-0.39, 0.29) is 11.9 Å². The van der Waals surface area contributed by atoms with E-state index in [9.17, 15) is 18.0 Å². The number of benzene rings is 1. The first-order valence-electron chi connectivity index (χ1n) is 6.66. The fourth-order valence-electron chi connectivity index (χ4n) is 2.09. The van der Waals surface area contributed by atoms with Crippen LogP contribution in [0.5, 0.6) is 0 Å². The quantitative estimate of drug-likeness (QED) is 0.896. The van der Waals surface area contributed by atoms with E-state index in [2.05, 4.69) is 10.6 Å². The van der Waals surface area contributed by atoms with Gasteiger partial charge in [0.1, 0.15) is 6.04 Å². The number of halogens is 3. The van der Waals surface area contributed by atoms with Gasteiger partial charge in [0.25, 0.3) is 0 Å². The van der Waals surface area contributed by atoms with Crippen molar-refractivity contribution in [3.8, 4) is 0 Å². The largest absolute Gasteiger partial charge is 0.416 e. The zero-order chi connectivity index (χ0) is 15.5. The van der Waals surface area contributed by atoms with Gasteiger partial charge in [-0.3, -0.25) is 4.79 Å². The summed E-state index contributed by atoms with van der Waals surface area (Å²) in [5.41, 5.74) is -0.0831. The second-order valence-electron chi connectivity index (χ2n) is 4.93. The number of hydrogen-bond donors (Lipinski definition) is 2. The summed E-state index contributed by atoms with van der Waals surface area (Å²) in [5, 5.41) is 5.78. The molecule has 0 radical (unpaired) electrons. The molecule has 2 atom stereocenters. The lowest BCUT2D eigenvalue weighted by Crippen LogP contribution is -2.51. The van der Waals surface area contributed by atoms with Crippen LogP contribution in [-0.2, 0) is 15.7 Å². The summed E-state index contributed by atoms with van der Waals surface area (Å²) in [6.45, 7) is 3.20. The zero-order valence-corrected chi connectivity index (χ0v) is 11.5. The summed E-state index contributed by atoms with van der Waals surface area (Å²) < 4.78 is 42.6. The average molecular weight is 302 g/mol. The van der Waals surface area contributed by atoms with Gasteiger partial charge in [0.15, 0.2) is 0 Å². The van der Waals surface area contributed by atoms with Gasteiger partial charge in [-0.1, -0.05) is 12.1 Å². The van der Waals surface area contributed by atoms with Crippen LogP contribution in [0, 0.1) is 0 Å². The van der Waals surface area contributed by atoms with Crippen LogP contribution in [0.3, 0.4) is 0 Å². The van der Waals surface area contributed by atoms with Crippen LogP contribution in [0.1, 0.15) is 24.1 Å². The molecule has 4 nitrogen and oxygen atoms in total. The number of ether oxygens (including phenoxy) is 1. The predicted octanol–water partition coefficient (Wildman–Crippen LogP) is 1.87. The van der Waals surface area contributed by atoms with Crippen molar-refractivity contribution < 1.29 is 22.7 Å². The van der Waals surface area contributed by atoms with E-state index in [1.165, 1.54) is 12.1 Å². The van der Waals surface area contributed by atoms with Crippen LogP contribution >= 0.6 is 0 Å². The number of carbonyl (C=O) groups excluding carboxylic acids is 1. The Hall–Kier alpha value is -1.60. The Morgan fingerprint density at radius 1 is 1.38 bits per heavy atom. The van der Waals surface area contributed by atoms with Crippen molar-refractivity contribution in [3.63, 3.8) is 0 Å². The molecule has 1 aromatic rings. The number of rotatable bonds is 3. The van der Waals surface area contributed by atoms with Gasteiger partial charge in [0.05, 0.1) is 24.8 Å². The van der Waals surface area contributed by atoms with Gasteiger partial charge in [-0.2, -0.15) is 13.2 Å². The van der Waals surface area contributed by atoms with Gasteiger partial charge in [0, 0.05) is 6.54 Å². The zero-order valence-electron chi connectivity index (χ0n) is 11.5. The molecule has 1 amide bonds. The number of alkyl halides is 3. The van der Waals surface area contributed by atoms with Crippen molar-refractivity contribution in [2.45, 2.75) is 25.2 Å². The number of hydrogen-bond acceptors (Lipinski definition) is 3. The molecule has 21 heavy (non-hydrogen) atoms. The van der Waals surface area contributed by atoms with E-state index in [1.54, 1.807) is 6.92 Å². The molecule has 1 aromatic carbocycles. The summed E-state index contributed by atoms with van der Waals surface area (Å²) in [5.74, 6) is -0.220. The van der Waals surface area contributed by atoms with Crippen molar-refractivity contribution in [1.29, 1.82) is 0 Å². The van der Waals surface area contributed by atoms with Gasteiger partial charge >= 0.3 is 6.18 Å². The van der Waals surface area contributed by atoms with Crippen molar-refractivity contribution in [3.05, 3.63) is 35.4 Å². The molecular weight excluding hydrogens is 285 g/mol. The molecule has 116 valence electrons. The highest BCUT2D eigenvalue weighted by Crippen LogP contribution is 2.29. The Balaban J connectivity index is 1.96. The Morgan fingerprint density at radius 3 is 2.57 bits per heavy atom. The first kappa shape index (κ1) is 15.8. The Morgan fingerprint density at radius 2 is 2.05 bits per heavy atom. The van der Waals surface area contributed by atoms with Gasteiger partial charge in [-0.25, -0.2) is 0 Å². The van der Waals surface area contributed by atoms with Gasteiger partial charge in [-0.15, -0.1) is 0 Å². The highest BCUT2D eigenvalue weighted by Gasteiger charge is 2.30. The lowest BCUT2D eigenvalue weighted by Gasteiger charge is -2.25. The maximum atomic E-state index is 12.5. The number of amides is 1. The van der Waals surface area contributed by atoms with Crippen LogP contribution < -0.4 is 10.6 Å². The number of carbonyl (C=O) groups is 1. The van der Waals surface area contributed by atoms with Crippen LogP contribution in [0.2, 0.25) is 0 Å². The van der Waals surface area contributed by atoms with Gasteiger partial charge < -0.3 is 15.4 Å². The van der Waals surface area contributed by atoms with Crippen molar-refractivity contribution in [1.82, 2.24) is 10.6 Å². The summed E-state index contributed by atoms with van der Waals surface area (Å²) in [6, 6.07) is 3.98. The van der Waals surface area contributed by atoms with Crippen LogP contribution in [0.25, 0.3) is 0 Å². The predicted molar refractivity (Wildman–Crippen MR) is 70.6 cm³/mol. The summed E-state index contributed by atoms with van der Waals surface area (Å²) in [7, 11) is 0. The smallest absolute Gasteiger partial charge is 0.378 e.